The lowest BCUT2D eigenvalue weighted by atomic mass is 9.97. The molecule has 1 aliphatic heterocycles. The summed E-state index contributed by atoms with van der Waals surface area (Å²) in [5.74, 6) is 0.913. The number of furan rings is 1. The third-order valence-electron chi connectivity index (χ3n) is 5.38. The van der Waals surface area contributed by atoms with Crippen molar-refractivity contribution in [2.75, 3.05) is 13.7 Å². The second-order valence-electron chi connectivity index (χ2n) is 7.38. The molecule has 4 rings (SSSR count). The first-order chi connectivity index (χ1) is 14.6. The van der Waals surface area contributed by atoms with Crippen molar-refractivity contribution in [3.8, 4) is 5.75 Å². The summed E-state index contributed by atoms with van der Waals surface area (Å²) in [4.78, 5) is 27.2. The van der Waals surface area contributed by atoms with Gasteiger partial charge in [-0.2, -0.15) is 0 Å². The number of hydrogen-bond donors (Lipinski definition) is 1. The second kappa shape index (κ2) is 8.86. The fraction of sp³-hybridized carbons (Fsp3) is 0.250. The molecule has 2 heterocycles. The molecule has 0 aliphatic carbocycles. The van der Waals surface area contributed by atoms with Crippen LogP contribution in [0.2, 0.25) is 0 Å². The van der Waals surface area contributed by atoms with E-state index >= 15 is 0 Å². The Morgan fingerprint density at radius 1 is 1.10 bits per heavy atom. The molecule has 6 heteroatoms. The second-order valence-corrected chi connectivity index (χ2v) is 7.38. The van der Waals surface area contributed by atoms with Crippen molar-refractivity contribution in [2.45, 2.75) is 19.0 Å². The molecule has 0 unspecified atom stereocenters. The summed E-state index contributed by atoms with van der Waals surface area (Å²) in [5, 5.41) is 3.15. The fourth-order valence-corrected chi connectivity index (χ4v) is 3.75. The summed E-state index contributed by atoms with van der Waals surface area (Å²) in [6.07, 6.45) is 1.79. The van der Waals surface area contributed by atoms with E-state index in [-0.39, 0.29) is 24.3 Å². The van der Waals surface area contributed by atoms with Crippen LogP contribution in [0.5, 0.6) is 5.75 Å². The molecule has 1 fully saturated rings. The first-order valence-corrected chi connectivity index (χ1v) is 9.93. The first kappa shape index (κ1) is 19.8. The topological polar surface area (TPSA) is 71.8 Å². The van der Waals surface area contributed by atoms with E-state index in [0.717, 1.165) is 16.9 Å². The van der Waals surface area contributed by atoms with E-state index in [1.165, 1.54) is 0 Å². The number of hydrogen-bond acceptors (Lipinski definition) is 4. The van der Waals surface area contributed by atoms with Crippen molar-refractivity contribution in [3.63, 3.8) is 0 Å². The lowest BCUT2D eigenvalue weighted by Crippen LogP contribution is -2.36. The summed E-state index contributed by atoms with van der Waals surface area (Å²) in [6.45, 7) is 0.770. The average molecular weight is 404 g/mol. The Morgan fingerprint density at radius 3 is 2.50 bits per heavy atom. The number of nitrogens with one attached hydrogen (secondary N) is 1. The molecule has 30 heavy (non-hydrogen) atoms. The normalized spacial score (nSPS) is 17.0. The Morgan fingerprint density at radius 2 is 1.83 bits per heavy atom. The number of carbonyl (C=O) groups excluding carboxylic acids is 2. The van der Waals surface area contributed by atoms with Crippen molar-refractivity contribution in [3.05, 3.63) is 89.9 Å². The van der Waals surface area contributed by atoms with Gasteiger partial charge in [-0.1, -0.05) is 42.5 Å². The first-order valence-electron chi connectivity index (χ1n) is 9.93. The molecule has 0 radical (unpaired) electrons. The van der Waals surface area contributed by atoms with Gasteiger partial charge in [-0.05, 0) is 35.4 Å². The molecular formula is C24H24N2O4. The SMILES string of the molecule is COc1ccc([C@H](NC(=O)[C@H]2CC(=O)N(Cc3ccco3)C2)c2ccccc2)cc1. The summed E-state index contributed by atoms with van der Waals surface area (Å²) >= 11 is 0. The maximum atomic E-state index is 13.1. The van der Waals surface area contributed by atoms with Crippen LogP contribution in [0.3, 0.4) is 0 Å². The number of methoxy groups -OCH3 is 1. The van der Waals surface area contributed by atoms with Gasteiger partial charge in [0.05, 0.1) is 31.9 Å². The van der Waals surface area contributed by atoms with Crippen LogP contribution in [0.15, 0.2) is 77.4 Å². The van der Waals surface area contributed by atoms with Gasteiger partial charge in [0.25, 0.3) is 0 Å². The van der Waals surface area contributed by atoms with Crippen molar-refractivity contribution in [1.29, 1.82) is 0 Å². The van der Waals surface area contributed by atoms with E-state index in [1.54, 1.807) is 24.3 Å². The molecule has 1 aromatic heterocycles. The van der Waals surface area contributed by atoms with Gasteiger partial charge in [-0.25, -0.2) is 0 Å². The molecule has 0 bridgehead atoms. The van der Waals surface area contributed by atoms with Crippen molar-refractivity contribution < 1.29 is 18.7 Å². The molecule has 3 aromatic rings. The number of rotatable bonds is 7. The van der Waals surface area contributed by atoms with Gasteiger partial charge >= 0.3 is 0 Å². The van der Waals surface area contributed by atoms with Crippen molar-refractivity contribution in [1.82, 2.24) is 10.2 Å². The van der Waals surface area contributed by atoms with E-state index in [2.05, 4.69) is 5.32 Å². The maximum absolute atomic E-state index is 13.1. The summed E-state index contributed by atoms with van der Waals surface area (Å²) in [5.41, 5.74) is 1.93. The van der Waals surface area contributed by atoms with Gasteiger partial charge in [0.15, 0.2) is 0 Å². The standard InChI is InChI=1S/C24H24N2O4/c1-29-20-11-9-18(10-12-20)23(17-6-3-2-4-7-17)25-24(28)19-14-22(27)26(15-19)16-21-8-5-13-30-21/h2-13,19,23H,14-16H2,1H3,(H,25,28)/t19-,23+/m0/s1. The average Bonchev–Trinajstić information content (AvgIpc) is 3.43. The van der Waals surface area contributed by atoms with Crippen LogP contribution < -0.4 is 10.1 Å². The largest absolute Gasteiger partial charge is 0.497 e. The predicted octanol–water partition coefficient (Wildman–Crippen LogP) is 3.54. The quantitative estimate of drug-likeness (QED) is 0.654. The number of likely N-dealkylation sites (tertiary alicyclic amines) is 1. The lowest BCUT2D eigenvalue weighted by Gasteiger charge is -2.22. The zero-order valence-corrected chi connectivity index (χ0v) is 16.8. The Kier molecular flexibility index (Phi) is 5.84. The molecule has 1 aliphatic rings. The summed E-state index contributed by atoms with van der Waals surface area (Å²) in [7, 11) is 1.62. The van der Waals surface area contributed by atoms with Gasteiger partial charge in [0, 0.05) is 13.0 Å². The molecule has 2 amide bonds. The molecule has 154 valence electrons. The predicted molar refractivity (Wildman–Crippen MR) is 112 cm³/mol. The minimum absolute atomic E-state index is 0.0349. The smallest absolute Gasteiger partial charge is 0.226 e. The molecule has 1 saturated heterocycles. The van der Waals surface area contributed by atoms with E-state index < -0.39 is 5.92 Å². The molecule has 0 spiro atoms. The van der Waals surface area contributed by atoms with Gasteiger partial charge in [-0.15, -0.1) is 0 Å². The highest BCUT2D eigenvalue weighted by molar-refractivity contribution is 5.89. The van der Waals surface area contributed by atoms with Gasteiger partial charge in [0.2, 0.25) is 11.8 Å². The third kappa shape index (κ3) is 4.38. The van der Waals surface area contributed by atoms with Gasteiger partial charge in [-0.3, -0.25) is 9.59 Å². The van der Waals surface area contributed by atoms with Crippen LogP contribution >= 0.6 is 0 Å². The Balaban J connectivity index is 1.49. The van der Waals surface area contributed by atoms with Crippen LogP contribution in [0, 0.1) is 5.92 Å². The van der Waals surface area contributed by atoms with Crippen LogP contribution in [-0.2, 0) is 16.1 Å². The molecule has 2 aromatic carbocycles. The zero-order valence-electron chi connectivity index (χ0n) is 16.8. The number of nitrogens with zero attached hydrogens (tertiary/aromatic N) is 1. The van der Waals surface area contributed by atoms with Crippen molar-refractivity contribution >= 4 is 11.8 Å². The Labute approximate surface area is 175 Å². The monoisotopic (exact) mass is 404 g/mol. The molecule has 2 atom stereocenters. The van der Waals surface area contributed by atoms with E-state index in [0.29, 0.717) is 18.8 Å². The van der Waals surface area contributed by atoms with Crippen LogP contribution in [0.4, 0.5) is 0 Å². The van der Waals surface area contributed by atoms with Crippen molar-refractivity contribution in [2.24, 2.45) is 5.92 Å². The Hall–Kier alpha value is -3.54. The van der Waals surface area contributed by atoms with Gasteiger partial charge < -0.3 is 19.4 Å². The summed E-state index contributed by atoms with van der Waals surface area (Å²) < 4.78 is 10.6. The summed E-state index contributed by atoms with van der Waals surface area (Å²) in [6, 6.07) is 20.8. The molecule has 0 saturated carbocycles. The number of ether oxygens (including phenoxy) is 1. The van der Waals surface area contributed by atoms with E-state index in [1.807, 2.05) is 60.7 Å². The number of amides is 2. The highest BCUT2D eigenvalue weighted by atomic mass is 16.5. The highest BCUT2D eigenvalue weighted by Gasteiger charge is 2.35. The van der Waals surface area contributed by atoms with E-state index in [9.17, 15) is 9.59 Å². The minimum Gasteiger partial charge on any atom is -0.497 e. The van der Waals surface area contributed by atoms with Crippen LogP contribution in [-0.4, -0.2) is 30.4 Å². The Bertz CT molecular complexity index is 984. The van der Waals surface area contributed by atoms with E-state index in [4.69, 9.17) is 9.15 Å². The number of carbonyl (C=O) groups is 2. The molecular weight excluding hydrogens is 380 g/mol. The third-order valence-corrected chi connectivity index (χ3v) is 5.38. The minimum atomic E-state index is -0.392. The highest BCUT2D eigenvalue weighted by Crippen LogP contribution is 2.26. The van der Waals surface area contributed by atoms with Crippen LogP contribution in [0.25, 0.3) is 0 Å². The van der Waals surface area contributed by atoms with Gasteiger partial charge in [0.1, 0.15) is 11.5 Å². The molecule has 1 N–H and O–H groups in total. The zero-order chi connectivity index (χ0) is 20.9. The molecule has 6 nitrogen and oxygen atoms in total. The lowest BCUT2D eigenvalue weighted by molar-refractivity contribution is -0.129. The fourth-order valence-electron chi connectivity index (χ4n) is 3.75. The number of benzene rings is 2. The van der Waals surface area contributed by atoms with Crippen LogP contribution in [0.1, 0.15) is 29.3 Å². The maximum Gasteiger partial charge on any atom is 0.226 e.